The molecule has 1 aliphatic rings. The Balaban J connectivity index is 1.77. The Morgan fingerprint density at radius 2 is 2.15 bits per heavy atom. The number of nitrogens with two attached hydrogens (primary N) is 1. The highest BCUT2D eigenvalue weighted by atomic mass is 15.4. The van der Waals surface area contributed by atoms with Crippen LogP contribution in [0.15, 0.2) is 12.7 Å². The molecule has 0 aromatic carbocycles. The SMILES string of the molecule is CC(CNc1nc(NN)nc(-n2cncn2)n1)C1CC1. The van der Waals surface area contributed by atoms with E-state index in [2.05, 4.69) is 42.7 Å². The predicted octanol–water partition coefficient (Wildman–Crippen LogP) is 0.196. The lowest BCUT2D eigenvalue weighted by atomic mass is 10.1. The molecule has 0 amide bonds. The molecule has 1 atom stereocenters. The van der Waals surface area contributed by atoms with Gasteiger partial charge in [0.1, 0.15) is 12.7 Å². The number of anilines is 2. The minimum absolute atomic E-state index is 0.284. The molecule has 0 spiro atoms. The third kappa shape index (κ3) is 2.82. The van der Waals surface area contributed by atoms with Crippen LogP contribution in [0, 0.1) is 11.8 Å². The molecule has 4 N–H and O–H groups in total. The van der Waals surface area contributed by atoms with Crippen LogP contribution < -0.4 is 16.6 Å². The first kappa shape index (κ1) is 12.7. The van der Waals surface area contributed by atoms with E-state index in [0.717, 1.165) is 12.5 Å². The van der Waals surface area contributed by atoms with Crippen molar-refractivity contribution in [2.45, 2.75) is 19.8 Å². The Morgan fingerprint density at radius 1 is 1.35 bits per heavy atom. The van der Waals surface area contributed by atoms with Crippen LogP contribution in [0.5, 0.6) is 0 Å². The molecule has 1 fully saturated rings. The molecule has 106 valence electrons. The van der Waals surface area contributed by atoms with Gasteiger partial charge < -0.3 is 5.32 Å². The quantitative estimate of drug-likeness (QED) is 0.505. The molecule has 1 saturated carbocycles. The highest BCUT2D eigenvalue weighted by Crippen LogP contribution is 2.36. The summed E-state index contributed by atoms with van der Waals surface area (Å²) in [7, 11) is 0. The standard InChI is InChI=1S/C11H17N9/c1-7(8-2-3-8)4-14-9-16-10(19-12)18-11(17-9)20-6-13-5-15-20/h5-8H,2-4,12H2,1H3,(H2,14,16,17,18,19). The summed E-state index contributed by atoms with van der Waals surface area (Å²) in [6.07, 6.45) is 5.58. The van der Waals surface area contributed by atoms with Crippen LogP contribution >= 0.6 is 0 Å². The number of nitrogens with one attached hydrogen (secondary N) is 2. The third-order valence-electron chi connectivity index (χ3n) is 3.39. The first-order valence-corrected chi connectivity index (χ1v) is 6.58. The lowest BCUT2D eigenvalue weighted by Crippen LogP contribution is -2.19. The van der Waals surface area contributed by atoms with Crippen LogP contribution in [0.1, 0.15) is 19.8 Å². The Bertz CT molecular complexity index is 563. The van der Waals surface area contributed by atoms with Gasteiger partial charge in [-0.05, 0) is 24.7 Å². The van der Waals surface area contributed by atoms with Crippen molar-refractivity contribution in [2.24, 2.45) is 17.7 Å². The van der Waals surface area contributed by atoms with Crippen molar-refractivity contribution in [1.82, 2.24) is 29.7 Å². The zero-order valence-electron chi connectivity index (χ0n) is 11.2. The summed E-state index contributed by atoms with van der Waals surface area (Å²) in [6, 6.07) is 0. The highest BCUT2D eigenvalue weighted by molar-refractivity contribution is 5.36. The van der Waals surface area contributed by atoms with Gasteiger partial charge in [0.05, 0.1) is 0 Å². The van der Waals surface area contributed by atoms with Gasteiger partial charge in [-0.15, -0.1) is 0 Å². The van der Waals surface area contributed by atoms with Gasteiger partial charge in [-0.25, -0.2) is 10.8 Å². The van der Waals surface area contributed by atoms with Crippen LogP contribution in [0.4, 0.5) is 11.9 Å². The molecule has 2 heterocycles. The molecule has 0 radical (unpaired) electrons. The van der Waals surface area contributed by atoms with Gasteiger partial charge in [0, 0.05) is 6.54 Å². The number of nitrogen functional groups attached to an aromatic ring is 1. The normalized spacial score (nSPS) is 15.9. The first-order valence-electron chi connectivity index (χ1n) is 6.58. The maximum atomic E-state index is 5.38. The van der Waals surface area contributed by atoms with Gasteiger partial charge in [-0.2, -0.15) is 24.7 Å². The van der Waals surface area contributed by atoms with Crippen LogP contribution in [-0.4, -0.2) is 36.3 Å². The van der Waals surface area contributed by atoms with Gasteiger partial charge in [-0.1, -0.05) is 6.92 Å². The summed E-state index contributed by atoms with van der Waals surface area (Å²) in [6.45, 7) is 3.06. The van der Waals surface area contributed by atoms with Crippen LogP contribution in [0.25, 0.3) is 5.95 Å². The van der Waals surface area contributed by atoms with Gasteiger partial charge >= 0.3 is 0 Å². The zero-order chi connectivity index (χ0) is 13.9. The average Bonchev–Trinajstić information content (AvgIpc) is 3.19. The maximum Gasteiger partial charge on any atom is 0.258 e. The lowest BCUT2D eigenvalue weighted by molar-refractivity contribution is 0.534. The highest BCUT2D eigenvalue weighted by Gasteiger charge is 2.27. The van der Waals surface area contributed by atoms with Crippen molar-refractivity contribution in [2.75, 3.05) is 17.3 Å². The number of aromatic nitrogens is 6. The summed E-state index contributed by atoms with van der Waals surface area (Å²) >= 11 is 0. The van der Waals surface area contributed by atoms with Crippen LogP contribution in [0.2, 0.25) is 0 Å². The predicted molar refractivity (Wildman–Crippen MR) is 72.9 cm³/mol. The van der Waals surface area contributed by atoms with Crippen molar-refractivity contribution in [3.8, 4) is 5.95 Å². The fraction of sp³-hybridized carbons (Fsp3) is 0.545. The Kier molecular flexibility index (Phi) is 3.42. The molecular weight excluding hydrogens is 258 g/mol. The number of nitrogens with zero attached hydrogens (tertiary/aromatic N) is 6. The Morgan fingerprint density at radius 3 is 2.80 bits per heavy atom. The van der Waals surface area contributed by atoms with Crippen molar-refractivity contribution < 1.29 is 0 Å². The molecule has 0 aliphatic heterocycles. The fourth-order valence-electron chi connectivity index (χ4n) is 2.01. The van der Waals surface area contributed by atoms with E-state index >= 15 is 0 Å². The largest absolute Gasteiger partial charge is 0.354 e. The van der Waals surface area contributed by atoms with Crippen molar-refractivity contribution in [3.63, 3.8) is 0 Å². The van der Waals surface area contributed by atoms with Crippen molar-refractivity contribution in [1.29, 1.82) is 0 Å². The summed E-state index contributed by atoms with van der Waals surface area (Å²) in [5.41, 5.74) is 2.43. The minimum Gasteiger partial charge on any atom is -0.354 e. The molecule has 9 nitrogen and oxygen atoms in total. The number of hydrogen-bond acceptors (Lipinski definition) is 8. The van der Waals surface area contributed by atoms with Crippen LogP contribution in [0.3, 0.4) is 0 Å². The molecule has 20 heavy (non-hydrogen) atoms. The molecule has 0 bridgehead atoms. The Hall–Kier alpha value is -2.29. The van der Waals surface area contributed by atoms with E-state index in [0.29, 0.717) is 17.8 Å². The van der Waals surface area contributed by atoms with Gasteiger partial charge in [0.25, 0.3) is 5.95 Å². The van der Waals surface area contributed by atoms with Gasteiger partial charge in [-0.3, -0.25) is 5.43 Å². The topological polar surface area (TPSA) is 119 Å². The van der Waals surface area contributed by atoms with Gasteiger partial charge in [0.2, 0.25) is 11.9 Å². The fourth-order valence-corrected chi connectivity index (χ4v) is 2.01. The summed E-state index contributed by atoms with van der Waals surface area (Å²) in [5.74, 6) is 7.94. The molecule has 1 aliphatic carbocycles. The second-order valence-corrected chi connectivity index (χ2v) is 4.96. The zero-order valence-corrected chi connectivity index (χ0v) is 11.2. The summed E-state index contributed by atoms with van der Waals surface area (Å²) in [4.78, 5) is 16.5. The molecule has 2 aromatic rings. The van der Waals surface area contributed by atoms with E-state index in [1.54, 1.807) is 0 Å². The lowest BCUT2D eigenvalue weighted by Gasteiger charge is -2.12. The third-order valence-corrected chi connectivity index (χ3v) is 3.39. The molecule has 3 rings (SSSR count). The van der Waals surface area contributed by atoms with E-state index in [9.17, 15) is 0 Å². The monoisotopic (exact) mass is 275 g/mol. The van der Waals surface area contributed by atoms with E-state index in [4.69, 9.17) is 5.84 Å². The average molecular weight is 275 g/mol. The second-order valence-electron chi connectivity index (χ2n) is 4.96. The second kappa shape index (κ2) is 5.37. The molecular formula is C11H17N9. The maximum absolute atomic E-state index is 5.38. The molecule has 1 unspecified atom stereocenters. The molecule has 9 heteroatoms. The first-order chi connectivity index (χ1) is 9.76. The van der Waals surface area contributed by atoms with Gasteiger partial charge in [0.15, 0.2) is 0 Å². The van der Waals surface area contributed by atoms with E-state index in [1.165, 1.54) is 30.2 Å². The number of rotatable bonds is 6. The number of hydrogen-bond donors (Lipinski definition) is 3. The van der Waals surface area contributed by atoms with Crippen LogP contribution in [-0.2, 0) is 0 Å². The number of hydrazine groups is 1. The minimum atomic E-state index is 0.284. The molecule has 2 aromatic heterocycles. The van der Waals surface area contributed by atoms with E-state index in [1.807, 2.05) is 0 Å². The molecule has 0 saturated heterocycles. The van der Waals surface area contributed by atoms with E-state index < -0.39 is 0 Å². The smallest absolute Gasteiger partial charge is 0.258 e. The van der Waals surface area contributed by atoms with E-state index in [-0.39, 0.29) is 5.95 Å². The summed E-state index contributed by atoms with van der Waals surface area (Å²) in [5, 5.41) is 7.22. The van der Waals surface area contributed by atoms with Crippen molar-refractivity contribution in [3.05, 3.63) is 12.7 Å². The Labute approximate surface area is 116 Å². The summed E-state index contributed by atoms with van der Waals surface area (Å²) < 4.78 is 1.46. The van der Waals surface area contributed by atoms with Crippen molar-refractivity contribution >= 4 is 11.9 Å².